The van der Waals surface area contributed by atoms with Crippen LogP contribution in [0.1, 0.15) is 99.4 Å². The highest BCUT2D eigenvalue weighted by atomic mass is 32.1. The number of carbonyl (C=O) groups excluding carboxylic acids is 6. The molecule has 0 spiro atoms. The van der Waals surface area contributed by atoms with Crippen molar-refractivity contribution in [2.24, 2.45) is 11.3 Å². The summed E-state index contributed by atoms with van der Waals surface area (Å²) in [4.78, 5) is 95.5. The van der Waals surface area contributed by atoms with Gasteiger partial charge in [-0.15, -0.1) is 21.5 Å². The summed E-state index contributed by atoms with van der Waals surface area (Å²) in [7, 11) is 0. The highest BCUT2D eigenvalue weighted by Gasteiger charge is 2.44. The number of unbranched alkanes of at least 4 members (excludes halogenated alkanes) is 1. The molecule has 0 unspecified atom stereocenters. The standard InChI is InChI=1S/C56H75N11O9S/c1-39-51(77-38-60-39)43-13-10-42(11-14-43)36-59-53(72)46-34-44(68)37-67(46)55(74)52(56(2,3)4)61-49(70)20-30-75-32-33-76-31-21-50(71)65-28-26-64(27-29-65)47-16-15-45(62-63-47)54(73)66-24-18-40(19-25-66)8-5-6-23-58-48(69)17-12-41-9-7-22-57-35-41/h7,9-17,22,35,38,40,44,46,52,68H,5-6,8,18-21,23-34,36-37H2,1-4H3,(H,58,69)(H,59,72)(H,61,70)/b17-12+/t44-,46+,52-/m1/s1. The van der Waals surface area contributed by atoms with Gasteiger partial charge in [-0.25, -0.2) is 4.98 Å². The number of β-amino-alcohol motifs (C(OH)–C–C–N with tert-alkyl or cyclic N) is 1. The van der Waals surface area contributed by atoms with Crippen LogP contribution in [0.4, 0.5) is 5.82 Å². The molecule has 20 nitrogen and oxygen atoms in total. The zero-order chi connectivity index (χ0) is 54.7. The Kier molecular flexibility index (Phi) is 21.6. The first kappa shape index (κ1) is 58.0. The number of carbonyl (C=O) groups is 6. The first-order chi connectivity index (χ1) is 37.1. The van der Waals surface area contributed by atoms with Gasteiger partial charge in [0.15, 0.2) is 11.5 Å². The number of hydrogen-bond acceptors (Lipinski definition) is 15. The molecule has 3 fully saturated rings. The van der Waals surface area contributed by atoms with Crippen LogP contribution >= 0.6 is 11.3 Å². The summed E-state index contributed by atoms with van der Waals surface area (Å²) in [6.45, 7) is 12.6. The highest BCUT2D eigenvalue weighted by Crippen LogP contribution is 2.29. The lowest BCUT2D eigenvalue weighted by molar-refractivity contribution is -0.144. The van der Waals surface area contributed by atoms with Gasteiger partial charge in [0, 0.05) is 90.2 Å². The average Bonchev–Trinajstić information content (AvgIpc) is 4.08. The molecule has 4 aromatic rings. The van der Waals surface area contributed by atoms with E-state index in [0.717, 1.165) is 59.4 Å². The maximum Gasteiger partial charge on any atom is 0.274 e. The number of aliphatic hydroxyl groups excluding tert-OH is 1. The van der Waals surface area contributed by atoms with Crippen molar-refractivity contribution >= 4 is 58.7 Å². The fourth-order valence-corrected chi connectivity index (χ4v) is 10.5. The van der Waals surface area contributed by atoms with E-state index in [4.69, 9.17) is 9.47 Å². The van der Waals surface area contributed by atoms with Crippen molar-refractivity contribution < 1.29 is 43.3 Å². The molecule has 3 atom stereocenters. The Bertz CT molecular complexity index is 2600. The number of anilines is 1. The lowest BCUT2D eigenvalue weighted by Gasteiger charge is -2.35. The highest BCUT2D eigenvalue weighted by molar-refractivity contribution is 7.13. The topological polar surface area (TPSA) is 242 Å². The fraction of sp³-hybridized carbons (Fsp3) is 0.536. The minimum Gasteiger partial charge on any atom is -0.391 e. The largest absolute Gasteiger partial charge is 0.391 e. The Morgan fingerprint density at radius 2 is 1.60 bits per heavy atom. The molecule has 3 aliphatic rings. The van der Waals surface area contributed by atoms with Gasteiger partial charge < -0.3 is 50.1 Å². The number of piperazine rings is 1. The van der Waals surface area contributed by atoms with Crippen molar-refractivity contribution in [1.82, 2.24) is 50.8 Å². The first-order valence-electron chi connectivity index (χ1n) is 26.8. The van der Waals surface area contributed by atoms with E-state index in [1.165, 1.54) is 11.0 Å². The number of aromatic nitrogens is 4. The maximum absolute atomic E-state index is 14.0. The number of likely N-dealkylation sites (tertiary alicyclic amines) is 2. The zero-order valence-electron chi connectivity index (χ0n) is 44.9. The van der Waals surface area contributed by atoms with Gasteiger partial charge in [0.25, 0.3) is 5.91 Å². The van der Waals surface area contributed by atoms with Crippen LogP contribution < -0.4 is 20.9 Å². The van der Waals surface area contributed by atoms with Crippen molar-refractivity contribution in [3.8, 4) is 10.4 Å². The van der Waals surface area contributed by atoms with E-state index >= 15 is 0 Å². The second-order valence-corrected chi connectivity index (χ2v) is 21.8. The van der Waals surface area contributed by atoms with E-state index in [0.29, 0.717) is 63.2 Å². The van der Waals surface area contributed by atoms with E-state index in [1.54, 1.807) is 40.8 Å². The molecular weight excluding hydrogens is 1000 g/mol. The molecule has 0 radical (unpaired) electrons. The third kappa shape index (κ3) is 17.4. The molecule has 21 heteroatoms. The van der Waals surface area contributed by atoms with Gasteiger partial charge in [-0.1, -0.05) is 63.9 Å². The number of aliphatic hydroxyl groups is 1. The summed E-state index contributed by atoms with van der Waals surface area (Å²) in [6.07, 6.45) is 10.9. The molecule has 77 heavy (non-hydrogen) atoms. The van der Waals surface area contributed by atoms with Crippen LogP contribution in [-0.2, 0) is 40.0 Å². The molecular formula is C56H75N11O9S. The van der Waals surface area contributed by atoms with E-state index in [9.17, 15) is 33.9 Å². The Hall–Kier alpha value is -6.68. The number of pyridine rings is 1. The average molecular weight is 1080 g/mol. The molecule has 0 saturated carbocycles. The van der Waals surface area contributed by atoms with Crippen LogP contribution in [0.15, 0.2) is 72.5 Å². The SMILES string of the molecule is Cc1ncsc1-c1ccc(CNC(=O)[C@@H]2C[C@@H](O)CN2C(=O)[C@@H](NC(=O)CCOCCOCCC(=O)N2CCN(c3ccc(C(=O)N4CCC(CCCCNC(=O)/C=C/c5cccnc5)CC4)nn3)CC2)C(C)(C)C)cc1. The van der Waals surface area contributed by atoms with Gasteiger partial charge in [-0.2, -0.15) is 0 Å². The number of thiazole rings is 1. The monoisotopic (exact) mass is 1080 g/mol. The van der Waals surface area contributed by atoms with Crippen molar-refractivity contribution in [3.63, 3.8) is 0 Å². The molecule has 414 valence electrons. The number of benzene rings is 1. The molecule has 0 aliphatic carbocycles. The van der Waals surface area contributed by atoms with Crippen LogP contribution in [0.3, 0.4) is 0 Å². The summed E-state index contributed by atoms with van der Waals surface area (Å²) in [5.74, 6) is -0.253. The zero-order valence-corrected chi connectivity index (χ0v) is 45.7. The van der Waals surface area contributed by atoms with Crippen molar-refractivity contribution in [2.75, 3.05) is 83.7 Å². The number of amides is 6. The molecule has 1 aromatic carbocycles. The normalized spacial score (nSPS) is 17.6. The van der Waals surface area contributed by atoms with Crippen LogP contribution in [0.25, 0.3) is 16.5 Å². The second-order valence-electron chi connectivity index (χ2n) is 21.0. The summed E-state index contributed by atoms with van der Waals surface area (Å²) in [6, 6.07) is 13.3. The Labute approximate surface area is 455 Å². The van der Waals surface area contributed by atoms with Gasteiger partial charge in [-0.3, -0.25) is 33.8 Å². The van der Waals surface area contributed by atoms with Crippen LogP contribution in [0, 0.1) is 18.3 Å². The predicted octanol–water partition coefficient (Wildman–Crippen LogP) is 4.43. The molecule has 3 aromatic heterocycles. The van der Waals surface area contributed by atoms with Gasteiger partial charge >= 0.3 is 0 Å². The Balaban J connectivity index is 0.718. The molecule has 3 aliphatic heterocycles. The third-order valence-corrected chi connectivity index (χ3v) is 15.2. The maximum atomic E-state index is 14.0. The third-order valence-electron chi connectivity index (χ3n) is 14.2. The molecule has 7 rings (SSSR count). The van der Waals surface area contributed by atoms with E-state index in [-0.39, 0.29) is 88.3 Å². The summed E-state index contributed by atoms with van der Waals surface area (Å²) in [5.41, 5.74) is 5.20. The van der Waals surface area contributed by atoms with E-state index in [1.807, 2.05) is 80.6 Å². The fourth-order valence-electron chi connectivity index (χ4n) is 9.67. The number of piperidine rings is 1. The van der Waals surface area contributed by atoms with Gasteiger partial charge in [0.1, 0.15) is 12.1 Å². The summed E-state index contributed by atoms with van der Waals surface area (Å²) < 4.78 is 11.3. The quantitative estimate of drug-likeness (QED) is 0.0561. The van der Waals surface area contributed by atoms with Gasteiger partial charge in [0.2, 0.25) is 29.5 Å². The number of nitrogens with zero attached hydrogens (tertiary/aromatic N) is 8. The van der Waals surface area contributed by atoms with Crippen LogP contribution in [0.5, 0.6) is 0 Å². The molecule has 0 bridgehead atoms. The smallest absolute Gasteiger partial charge is 0.274 e. The number of hydrogen-bond donors (Lipinski definition) is 4. The molecule has 6 amide bonds. The van der Waals surface area contributed by atoms with Crippen molar-refractivity contribution in [3.05, 3.63) is 95.0 Å². The van der Waals surface area contributed by atoms with Gasteiger partial charge in [-0.05, 0) is 78.5 Å². The Morgan fingerprint density at radius 3 is 2.26 bits per heavy atom. The minimum absolute atomic E-state index is 0.00771. The van der Waals surface area contributed by atoms with Crippen molar-refractivity contribution in [2.45, 2.75) is 104 Å². The number of aryl methyl sites for hydroxylation is 1. The summed E-state index contributed by atoms with van der Waals surface area (Å²) >= 11 is 1.57. The van der Waals surface area contributed by atoms with Crippen molar-refractivity contribution in [1.29, 1.82) is 0 Å². The molecule has 6 heterocycles. The van der Waals surface area contributed by atoms with Crippen LogP contribution in [0.2, 0.25) is 0 Å². The number of rotatable bonds is 24. The van der Waals surface area contributed by atoms with Gasteiger partial charge in [0.05, 0.1) is 55.0 Å². The lowest BCUT2D eigenvalue weighted by Crippen LogP contribution is -2.57. The number of nitrogens with one attached hydrogen (secondary N) is 3. The van der Waals surface area contributed by atoms with E-state index < -0.39 is 29.5 Å². The lowest BCUT2D eigenvalue weighted by atomic mass is 9.85. The predicted molar refractivity (Wildman–Crippen MR) is 292 cm³/mol. The second kappa shape index (κ2) is 28.6. The number of ether oxygens (including phenoxy) is 2. The first-order valence-corrected chi connectivity index (χ1v) is 27.7. The minimum atomic E-state index is -0.954. The van der Waals surface area contributed by atoms with Crippen LogP contribution in [-0.4, -0.2) is 172 Å². The molecule has 3 saturated heterocycles. The summed E-state index contributed by atoms with van der Waals surface area (Å²) in [5, 5.41) is 28.0. The van der Waals surface area contributed by atoms with E-state index in [2.05, 4.69) is 41.0 Å². The molecule has 4 N–H and O–H groups in total. The Morgan fingerprint density at radius 1 is 0.857 bits per heavy atom.